The number of amides is 1. The van der Waals surface area contributed by atoms with Crippen molar-refractivity contribution in [3.8, 4) is 0 Å². The SMILES string of the molecule is C1CCC1.CNc1cc(Nc2cccn(C3CCC(C)CC3)c2=O)nc2c(C(N)=O)cnn12.CO. The van der Waals surface area contributed by atoms with E-state index >= 15 is 0 Å². The zero-order chi connectivity index (χ0) is 25.4. The van der Waals surface area contributed by atoms with Crippen molar-refractivity contribution >= 4 is 28.9 Å². The molecule has 2 aliphatic carbocycles. The third-order valence-corrected chi connectivity index (χ3v) is 6.61. The van der Waals surface area contributed by atoms with Crippen LogP contribution < -0.4 is 21.9 Å². The smallest absolute Gasteiger partial charge is 0.274 e. The number of carbonyl (C=O) groups excluding carboxylic acids is 1. The lowest BCUT2D eigenvalue weighted by Crippen LogP contribution is -2.28. The molecule has 2 fully saturated rings. The van der Waals surface area contributed by atoms with Crippen LogP contribution in [0.15, 0.2) is 35.4 Å². The Bertz CT molecular complexity index is 1170. The van der Waals surface area contributed by atoms with Gasteiger partial charge < -0.3 is 26.0 Å². The maximum atomic E-state index is 13.1. The van der Waals surface area contributed by atoms with Crippen LogP contribution >= 0.6 is 0 Å². The summed E-state index contributed by atoms with van der Waals surface area (Å²) in [5.74, 6) is 1.15. The van der Waals surface area contributed by atoms with Gasteiger partial charge in [0.15, 0.2) is 5.65 Å². The molecule has 3 aromatic rings. The van der Waals surface area contributed by atoms with E-state index in [4.69, 9.17) is 10.8 Å². The van der Waals surface area contributed by atoms with Crippen molar-refractivity contribution in [2.75, 3.05) is 24.8 Å². The highest BCUT2D eigenvalue weighted by Crippen LogP contribution is 2.31. The summed E-state index contributed by atoms with van der Waals surface area (Å²) in [6, 6.07) is 5.55. The van der Waals surface area contributed by atoms with Crippen molar-refractivity contribution < 1.29 is 9.90 Å². The minimum atomic E-state index is -0.611. The van der Waals surface area contributed by atoms with Crippen molar-refractivity contribution in [3.63, 3.8) is 0 Å². The predicted octanol–water partition coefficient (Wildman–Crippen LogP) is 3.70. The van der Waals surface area contributed by atoms with Crippen molar-refractivity contribution in [2.24, 2.45) is 11.7 Å². The second-order valence-corrected chi connectivity index (χ2v) is 9.02. The lowest BCUT2D eigenvalue weighted by molar-refractivity contribution is 0.100. The van der Waals surface area contributed by atoms with Gasteiger partial charge in [-0.2, -0.15) is 9.61 Å². The lowest BCUT2D eigenvalue weighted by Gasteiger charge is -2.28. The standard InChI is InChI=1S/C20H25N7O2.C4H8.CH4O/c1-12-5-7-13(8-6-12)26-9-3-4-15(20(26)29)24-16-10-17(22-2)27-19(25-16)14(11-23-27)18(21)28;1-2-4-3-1;1-2/h3-4,9-13,22H,5-8H2,1-2H3,(H2,21,28)(H,24,25);1-4H2;2H,1H3. The molecule has 2 saturated carbocycles. The van der Waals surface area contributed by atoms with Gasteiger partial charge in [-0.15, -0.1) is 0 Å². The average molecular weight is 484 g/mol. The molecule has 0 unspecified atom stereocenters. The number of hydrogen-bond donors (Lipinski definition) is 4. The molecule has 0 aliphatic heterocycles. The molecule has 1 amide bonds. The third kappa shape index (κ3) is 6.19. The van der Waals surface area contributed by atoms with E-state index in [1.807, 2.05) is 16.8 Å². The number of hydrogen-bond acceptors (Lipinski definition) is 7. The Morgan fingerprint density at radius 1 is 1.14 bits per heavy atom. The van der Waals surface area contributed by atoms with Gasteiger partial charge in [-0.3, -0.25) is 9.59 Å². The van der Waals surface area contributed by atoms with Gasteiger partial charge in [0.25, 0.3) is 11.5 Å². The summed E-state index contributed by atoms with van der Waals surface area (Å²) in [4.78, 5) is 29.2. The van der Waals surface area contributed by atoms with Crippen LogP contribution in [-0.2, 0) is 0 Å². The van der Waals surface area contributed by atoms with E-state index in [1.165, 1.54) is 36.4 Å². The highest BCUT2D eigenvalue weighted by atomic mass is 16.2. The molecular formula is C25H37N7O3. The fourth-order valence-corrected chi connectivity index (χ4v) is 4.18. The molecule has 2 aliphatic rings. The monoisotopic (exact) mass is 483 g/mol. The van der Waals surface area contributed by atoms with Crippen LogP contribution in [-0.4, -0.2) is 44.3 Å². The average Bonchev–Trinajstić information content (AvgIpc) is 3.25. The quantitative estimate of drug-likeness (QED) is 0.434. The van der Waals surface area contributed by atoms with E-state index in [-0.39, 0.29) is 17.2 Å². The largest absolute Gasteiger partial charge is 0.400 e. The fourth-order valence-electron chi connectivity index (χ4n) is 4.18. The Balaban J connectivity index is 0.000000508. The lowest BCUT2D eigenvalue weighted by atomic mass is 9.87. The van der Waals surface area contributed by atoms with Crippen LogP contribution in [0.3, 0.4) is 0 Å². The molecule has 5 rings (SSSR count). The number of primary amides is 1. The topological polar surface area (TPSA) is 140 Å². The third-order valence-electron chi connectivity index (χ3n) is 6.61. The number of aliphatic hydroxyl groups is 1. The molecule has 0 radical (unpaired) electrons. The first-order valence-corrected chi connectivity index (χ1v) is 12.3. The minimum absolute atomic E-state index is 0.0802. The number of fused-ring (bicyclic) bond motifs is 1. The number of aliphatic hydroxyl groups excluding tert-OH is 1. The number of nitrogens with one attached hydrogen (secondary N) is 2. The van der Waals surface area contributed by atoms with Gasteiger partial charge in [-0.05, 0) is 43.7 Å². The van der Waals surface area contributed by atoms with Crippen LogP contribution in [0.5, 0.6) is 0 Å². The Labute approximate surface area is 205 Å². The summed E-state index contributed by atoms with van der Waals surface area (Å²) in [7, 11) is 2.74. The van der Waals surface area contributed by atoms with Crippen molar-refractivity contribution in [1.82, 2.24) is 19.2 Å². The highest BCUT2D eigenvalue weighted by Gasteiger charge is 2.21. The van der Waals surface area contributed by atoms with Gasteiger partial charge in [0, 0.05) is 32.5 Å². The van der Waals surface area contributed by atoms with Crippen LogP contribution in [0, 0.1) is 5.92 Å². The first kappa shape index (κ1) is 26.2. The fraction of sp³-hybridized carbons (Fsp3) is 0.520. The Hall–Kier alpha value is -3.40. The summed E-state index contributed by atoms with van der Waals surface area (Å²) in [6.07, 6.45) is 13.5. The van der Waals surface area contributed by atoms with Gasteiger partial charge in [-0.1, -0.05) is 32.6 Å². The zero-order valence-electron chi connectivity index (χ0n) is 20.8. The molecule has 3 heterocycles. The van der Waals surface area contributed by atoms with E-state index in [2.05, 4.69) is 27.6 Å². The number of aromatic nitrogens is 4. The van der Waals surface area contributed by atoms with Gasteiger partial charge in [-0.25, -0.2) is 4.98 Å². The van der Waals surface area contributed by atoms with Crippen LogP contribution in [0.1, 0.15) is 74.7 Å². The molecule has 3 aromatic heterocycles. The van der Waals surface area contributed by atoms with Gasteiger partial charge in [0.1, 0.15) is 22.9 Å². The number of nitrogens with zero attached hydrogens (tertiary/aromatic N) is 4. The van der Waals surface area contributed by atoms with Crippen molar-refractivity contribution in [3.05, 3.63) is 46.5 Å². The zero-order valence-corrected chi connectivity index (χ0v) is 20.8. The summed E-state index contributed by atoms with van der Waals surface area (Å²) in [5.41, 5.74) is 6.32. The molecule has 190 valence electrons. The van der Waals surface area contributed by atoms with Crippen LogP contribution in [0.2, 0.25) is 0 Å². The number of carbonyl (C=O) groups is 1. The molecule has 0 spiro atoms. The molecule has 10 nitrogen and oxygen atoms in total. The van der Waals surface area contributed by atoms with Gasteiger partial charge in [0.2, 0.25) is 0 Å². The molecule has 0 saturated heterocycles. The van der Waals surface area contributed by atoms with E-state index in [0.29, 0.717) is 28.9 Å². The number of anilines is 3. The van der Waals surface area contributed by atoms with E-state index < -0.39 is 5.91 Å². The Morgan fingerprint density at radius 3 is 2.37 bits per heavy atom. The Kier molecular flexibility index (Phi) is 9.25. The molecule has 0 atom stereocenters. The first-order chi connectivity index (χ1) is 17.0. The number of rotatable bonds is 5. The molecule has 0 bridgehead atoms. The second-order valence-electron chi connectivity index (χ2n) is 9.02. The minimum Gasteiger partial charge on any atom is -0.400 e. The summed E-state index contributed by atoms with van der Waals surface area (Å²) in [6.45, 7) is 2.26. The number of nitrogens with two attached hydrogens (primary N) is 1. The normalized spacial score (nSPS) is 18.9. The number of pyridine rings is 1. The van der Waals surface area contributed by atoms with E-state index in [0.717, 1.165) is 32.8 Å². The van der Waals surface area contributed by atoms with E-state index in [9.17, 15) is 9.59 Å². The van der Waals surface area contributed by atoms with Gasteiger partial charge >= 0.3 is 0 Å². The first-order valence-electron chi connectivity index (χ1n) is 12.3. The molecule has 10 heteroatoms. The summed E-state index contributed by atoms with van der Waals surface area (Å²) in [5, 5.41) is 17.3. The molecule has 35 heavy (non-hydrogen) atoms. The van der Waals surface area contributed by atoms with Crippen molar-refractivity contribution in [2.45, 2.75) is 64.3 Å². The molecule has 5 N–H and O–H groups in total. The maximum Gasteiger partial charge on any atom is 0.274 e. The maximum absolute atomic E-state index is 13.1. The molecule has 0 aromatic carbocycles. The highest BCUT2D eigenvalue weighted by molar-refractivity contribution is 5.98. The Morgan fingerprint density at radius 2 is 1.80 bits per heavy atom. The van der Waals surface area contributed by atoms with E-state index in [1.54, 1.807) is 19.2 Å². The van der Waals surface area contributed by atoms with Crippen molar-refractivity contribution in [1.29, 1.82) is 0 Å². The predicted molar refractivity (Wildman–Crippen MR) is 138 cm³/mol. The van der Waals surface area contributed by atoms with Crippen LogP contribution in [0.25, 0.3) is 5.65 Å². The second kappa shape index (κ2) is 12.3. The molecular weight excluding hydrogens is 446 g/mol. The van der Waals surface area contributed by atoms with Crippen LogP contribution in [0.4, 0.5) is 17.3 Å². The van der Waals surface area contributed by atoms with Gasteiger partial charge in [0.05, 0.1) is 6.20 Å². The summed E-state index contributed by atoms with van der Waals surface area (Å²) >= 11 is 0. The summed E-state index contributed by atoms with van der Waals surface area (Å²) < 4.78 is 3.32.